The van der Waals surface area contributed by atoms with Crippen LogP contribution in [0.25, 0.3) is 16.7 Å². The van der Waals surface area contributed by atoms with Crippen LogP contribution >= 0.6 is 0 Å². The Morgan fingerprint density at radius 2 is 1.37 bits per heavy atom. The summed E-state index contributed by atoms with van der Waals surface area (Å²) < 4.78 is 48.2. The summed E-state index contributed by atoms with van der Waals surface area (Å²) in [6.07, 6.45) is -2.62. The summed E-state index contributed by atoms with van der Waals surface area (Å²) in [4.78, 5) is 0. The minimum absolute atomic E-state index is 0.248. The van der Waals surface area contributed by atoms with Crippen molar-refractivity contribution in [2.24, 2.45) is 5.73 Å². The Morgan fingerprint density at radius 3 is 2.03 bits per heavy atom. The van der Waals surface area contributed by atoms with Crippen LogP contribution in [0.4, 0.5) is 13.2 Å². The average Bonchev–Trinajstić information content (AvgIpc) is 2.93. The van der Waals surface area contributed by atoms with Gasteiger partial charge in [-0.1, -0.05) is 97.1 Å². The van der Waals surface area contributed by atoms with Crippen molar-refractivity contribution in [2.75, 3.05) is 13.2 Å². The number of hydrogen-bond donors (Lipinski definition) is 1. The average molecular weight is 518 g/mol. The molecule has 0 heterocycles. The van der Waals surface area contributed by atoms with E-state index < -0.39 is 6.36 Å². The summed E-state index contributed by atoms with van der Waals surface area (Å²) in [6, 6.07) is 34.2. The van der Waals surface area contributed by atoms with Crippen molar-refractivity contribution in [1.82, 2.24) is 0 Å². The van der Waals surface area contributed by atoms with Crippen LogP contribution in [0.15, 0.2) is 115 Å². The van der Waals surface area contributed by atoms with Crippen LogP contribution in [0.5, 0.6) is 5.75 Å². The van der Waals surface area contributed by atoms with Crippen molar-refractivity contribution in [3.8, 4) is 16.9 Å². The molecule has 2 N–H and O–H groups in total. The lowest BCUT2D eigenvalue weighted by molar-refractivity contribution is -0.274. The maximum absolute atomic E-state index is 12.6. The lowest BCUT2D eigenvalue weighted by Crippen LogP contribution is -2.16. The Labute approximate surface area is 221 Å². The topological polar surface area (TPSA) is 44.5 Å². The van der Waals surface area contributed by atoms with Crippen LogP contribution in [0.1, 0.15) is 23.1 Å². The highest BCUT2D eigenvalue weighted by molar-refractivity contribution is 5.75. The van der Waals surface area contributed by atoms with Gasteiger partial charge in [-0.05, 0) is 46.4 Å². The second-order valence-corrected chi connectivity index (χ2v) is 8.80. The third-order valence-corrected chi connectivity index (χ3v) is 6.12. The van der Waals surface area contributed by atoms with E-state index >= 15 is 0 Å². The first-order valence-corrected chi connectivity index (χ1v) is 12.5. The maximum Gasteiger partial charge on any atom is 0.573 e. The molecule has 6 heteroatoms. The molecule has 0 saturated carbocycles. The highest BCUT2D eigenvalue weighted by atomic mass is 19.4. The van der Waals surface area contributed by atoms with Gasteiger partial charge in [-0.3, -0.25) is 0 Å². The van der Waals surface area contributed by atoms with Gasteiger partial charge in [0, 0.05) is 25.0 Å². The largest absolute Gasteiger partial charge is 0.573 e. The zero-order valence-electron chi connectivity index (χ0n) is 21.0. The van der Waals surface area contributed by atoms with Crippen molar-refractivity contribution in [2.45, 2.75) is 25.6 Å². The van der Waals surface area contributed by atoms with Crippen molar-refractivity contribution in [3.05, 3.63) is 132 Å². The van der Waals surface area contributed by atoms with Crippen molar-refractivity contribution < 1.29 is 22.6 Å². The van der Waals surface area contributed by atoms with Crippen molar-refractivity contribution >= 4 is 5.57 Å². The predicted molar refractivity (Wildman–Crippen MR) is 145 cm³/mol. The van der Waals surface area contributed by atoms with Gasteiger partial charge < -0.3 is 15.2 Å². The number of rotatable bonds is 11. The first-order chi connectivity index (χ1) is 18.4. The van der Waals surface area contributed by atoms with Crippen LogP contribution < -0.4 is 10.5 Å². The highest BCUT2D eigenvalue weighted by Crippen LogP contribution is 2.33. The van der Waals surface area contributed by atoms with Crippen molar-refractivity contribution in [1.29, 1.82) is 0 Å². The van der Waals surface area contributed by atoms with E-state index in [0.29, 0.717) is 26.0 Å². The SMILES string of the molecule is NCCO/C(CCc1ccccc1)=C(/Cc1ccccc1-c1ccc(OC(F)(F)F)cc1)c1ccccc1. The lowest BCUT2D eigenvalue weighted by Gasteiger charge is -2.19. The van der Waals surface area contributed by atoms with Gasteiger partial charge in [0.05, 0.1) is 6.61 Å². The van der Waals surface area contributed by atoms with Gasteiger partial charge in [-0.25, -0.2) is 0 Å². The summed E-state index contributed by atoms with van der Waals surface area (Å²) >= 11 is 0. The minimum atomic E-state index is -4.73. The van der Waals surface area contributed by atoms with Gasteiger partial charge in [0.1, 0.15) is 11.5 Å². The molecular weight excluding hydrogens is 487 g/mol. The molecule has 0 aliphatic rings. The number of alkyl halides is 3. The van der Waals surface area contributed by atoms with Crippen LogP contribution in [0.3, 0.4) is 0 Å². The predicted octanol–water partition coefficient (Wildman–Crippen LogP) is 7.81. The first-order valence-electron chi connectivity index (χ1n) is 12.5. The molecule has 4 aromatic rings. The highest BCUT2D eigenvalue weighted by Gasteiger charge is 2.31. The van der Waals surface area contributed by atoms with E-state index in [9.17, 15) is 13.2 Å². The Bertz CT molecular complexity index is 1320. The molecule has 0 unspecified atom stereocenters. The van der Waals surface area contributed by atoms with E-state index in [2.05, 4.69) is 29.0 Å². The molecule has 0 radical (unpaired) electrons. The van der Waals surface area contributed by atoms with Crippen LogP contribution in [0.2, 0.25) is 0 Å². The third-order valence-electron chi connectivity index (χ3n) is 6.12. The molecule has 0 bridgehead atoms. The fourth-order valence-electron chi connectivity index (χ4n) is 4.38. The van der Waals surface area contributed by atoms with Crippen LogP contribution in [-0.2, 0) is 17.6 Å². The lowest BCUT2D eigenvalue weighted by atomic mass is 9.90. The van der Waals surface area contributed by atoms with E-state index in [1.165, 1.54) is 17.7 Å². The van der Waals surface area contributed by atoms with Gasteiger partial charge in [-0.15, -0.1) is 13.2 Å². The Kier molecular flexibility index (Phi) is 9.22. The molecule has 4 rings (SSSR count). The Morgan fingerprint density at radius 1 is 0.737 bits per heavy atom. The second kappa shape index (κ2) is 13.0. The molecule has 0 fully saturated rings. The van der Waals surface area contributed by atoms with Gasteiger partial charge in [0.2, 0.25) is 0 Å². The molecule has 0 amide bonds. The zero-order chi connectivity index (χ0) is 26.8. The quantitative estimate of drug-likeness (QED) is 0.206. The zero-order valence-corrected chi connectivity index (χ0v) is 21.0. The molecule has 0 spiro atoms. The number of halogens is 3. The second-order valence-electron chi connectivity index (χ2n) is 8.80. The number of allylic oxidation sites excluding steroid dienone is 2. The molecule has 0 saturated heterocycles. The van der Waals surface area contributed by atoms with Crippen LogP contribution in [-0.4, -0.2) is 19.5 Å². The smallest absolute Gasteiger partial charge is 0.496 e. The summed E-state index contributed by atoms with van der Waals surface area (Å²) in [5.74, 6) is 0.635. The van der Waals surface area contributed by atoms with E-state index in [1.807, 2.05) is 60.7 Å². The molecule has 3 nitrogen and oxygen atoms in total. The third kappa shape index (κ3) is 7.73. The molecule has 4 aromatic carbocycles. The summed E-state index contributed by atoms with van der Waals surface area (Å²) in [5.41, 5.74) is 11.9. The minimum Gasteiger partial charge on any atom is -0.496 e. The van der Waals surface area contributed by atoms with Gasteiger partial charge in [0.25, 0.3) is 0 Å². The molecular formula is C32H30F3NO2. The molecule has 0 aliphatic heterocycles. The van der Waals surface area contributed by atoms with Gasteiger partial charge in [0.15, 0.2) is 0 Å². The fraction of sp³-hybridized carbons (Fsp3) is 0.188. The fourth-order valence-corrected chi connectivity index (χ4v) is 4.38. The Hall–Kier alpha value is -4.03. The van der Waals surface area contributed by atoms with Crippen molar-refractivity contribution in [3.63, 3.8) is 0 Å². The van der Waals surface area contributed by atoms with E-state index in [4.69, 9.17) is 10.5 Å². The van der Waals surface area contributed by atoms with E-state index in [-0.39, 0.29) is 5.75 Å². The molecule has 0 aliphatic carbocycles. The maximum atomic E-state index is 12.6. The number of nitrogens with two attached hydrogens (primary N) is 1. The molecule has 196 valence electrons. The standard InChI is InChI=1S/C32H30F3NO2/c33-32(34,35)38-28-18-16-26(17-19-28)29-14-8-7-13-27(29)23-30(25-11-5-2-6-12-25)31(37-22-21-36)20-15-24-9-3-1-4-10-24/h1-14,16-19H,15,20-23,36H2/b31-30-. The molecule has 0 aromatic heterocycles. The molecule has 38 heavy (non-hydrogen) atoms. The van der Waals surface area contributed by atoms with Gasteiger partial charge in [-0.2, -0.15) is 0 Å². The van der Waals surface area contributed by atoms with E-state index in [1.54, 1.807) is 12.1 Å². The van der Waals surface area contributed by atoms with Gasteiger partial charge >= 0.3 is 6.36 Å². The van der Waals surface area contributed by atoms with E-state index in [0.717, 1.165) is 40.0 Å². The number of ether oxygens (including phenoxy) is 2. The summed E-state index contributed by atoms with van der Waals surface area (Å²) in [6.45, 7) is 0.808. The Balaban J connectivity index is 1.70. The molecule has 0 atom stereocenters. The first kappa shape index (κ1) is 27.0. The number of aryl methyl sites for hydroxylation is 1. The normalized spacial score (nSPS) is 12.1. The summed E-state index contributed by atoms with van der Waals surface area (Å²) in [7, 11) is 0. The monoisotopic (exact) mass is 517 g/mol. The number of benzene rings is 4. The summed E-state index contributed by atoms with van der Waals surface area (Å²) in [5, 5.41) is 0. The van der Waals surface area contributed by atoms with Crippen LogP contribution in [0, 0.1) is 0 Å². The number of hydrogen-bond acceptors (Lipinski definition) is 3.